The number of anilines is 1. The number of rotatable bonds is 2. The molecule has 3 rings (SSSR count). The van der Waals surface area contributed by atoms with E-state index in [1.165, 1.54) is 5.56 Å². The van der Waals surface area contributed by atoms with E-state index < -0.39 is 0 Å². The maximum absolute atomic E-state index is 12.3. The number of hydrogen-bond donors (Lipinski definition) is 2. The number of likely N-dealkylation sites (tertiary alicyclic amines) is 1. The molecular formula is C19H29N3O2. The van der Waals surface area contributed by atoms with Gasteiger partial charge in [-0.1, -0.05) is 0 Å². The minimum Gasteiger partial charge on any atom is -0.493 e. The third-order valence-corrected chi connectivity index (χ3v) is 4.95. The molecule has 0 unspecified atom stereocenters. The van der Waals surface area contributed by atoms with Crippen LogP contribution in [0.2, 0.25) is 0 Å². The summed E-state index contributed by atoms with van der Waals surface area (Å²) < 4.78 is 5.61. The Morgan fingerprint density at radius 3 is 2.71 bits per heavy atom. The first kappa shape index (κ1) is 17.1. The second kappa shape index (κ2) is 7.01. The van der Waals surface area contributed by atoms with E-state index in [2.05, 4.69) is 36.3 Å². The second-order valence-corrected chi connectivity index (χ2v) is 7.81. The van der Waals surface area contributed by atoms with E-state index >= 15 is 0 Å². The molecule has 1 aromatic rings. The lowest BCUT2D eigenvalue weighted by Gasteiger charge is -2.41. The van der Waals surface area contributed by atoms with Crippen LogP contribution in [-0.2, 0) is 6.42 Å². The van der Waals surface area contributed by atoms with E-state index in [1.54, 1.807) is 0 Å². The third-order valence-electron chi connectivity index (χ3n) is 4.95. The Hall–Kier alpha value is -1.75. The summed E-state index contributed by atoms with van der Waals surface area (Å²) in [5, 5.41) is 6.07. The molecule has 1 saturated heterocycles. The van der Waals surface area contributed by atoms with Gasteiger partial charge in [-0.3, -0.25) is 4.90 Å². The number of carbonyl (C=O) groups excluding carboxylic acids is 1. The summed E-state index contributed by atoms with van der Waals surface area (Å²) in [5.41, 5.74) is 2.22. The van der Waals surface area contributed by atoms with Crippen LogP contribution >= 0.6 is 0 Å². The van der Waals surface area contributed by atoms with Crippen molar-refractivity contribution in [3.8, 4) is 5.75 Å². The predicted molar refractivity (Wildman–Crippen MR) is 96.8 cm³/mol. The van der Waals surface area contributed by atoms with Gasteiger partial charge in [0.2, 0.25) is 0 Å². The number of piperidine rings is 1. The highest BCUT2D eigenvalue weighted by atomic mass is 16.5. The van der Waals surface area contributed by atoms with Crippen molar-refractivity contribution in [1.29, 1.82) is 0 Å². The van der Waals surface area contributed by atoms with Gasteiger partial charge in [-0.25, -0.2) is 4.79 Å². The van der Waals surface area contributed by atoms with Crippen LogP contribution in [-0.4, -0.2) is 42.2 Å². The van der Waals surface area contributed by atoms with Gasteiger partial charge < -0.3 is 15.4 Å². The number of ether oxygens (including phenoxy) is 1. The molecule has 0 radical (unpaired) electrons. The fourth-order valence-corrected chi connectivity index (χ4v) is 3.49. The van der Waals surface area contributed by atoms with Crippen molar-refractivity contribution in [3.05, 3.63) is 23.8 Å². The van der Waals surface area contributed by atoms with Crippen molar-refractivity contribution in [2.24, 2.45) is 0 Å². The van der Waals surface area contributed by atoms with Gasteiger partial charge in [-0.05, 0) is 70.2 Å². The van der Waals surface area contributed by atoms with Crippen LogP contribution in [0.3, 0.4) is 0 Å². The number of nitrogens with zero attached hydrogens (tertiary/aromatic N) is 1. The predicted octanol–water partition coefficient (Wildman–Crippen LogP) is 3.40. The zero-order chi connectivity index (χ0) is 17.2. The van der Waals surface area contributed by atoms with Gasteiger partial charge in [-0.2, -0.15) is 0 Å². The lowest BCUT2D eigenvalue weighted by molar-refractivity contribution is 0.0983. The Morgan fingerprint density at radius 1 is 1.25 bits per heavy atom. The number of carbonyl (C=O) groups is 1. The van der Waals surface area contributed by atoms with Crippen molar-refractivity contribution < 1.29 is 9.53 Å². The van der Waals surface area contributed by atoms with Crippen LogP contribution in [0, 0.1) is 0 Å². The third kappa shape index (κ3) is 4.20. The molecule has 1 fully saturated rings. The fourth-order valence-electron chi connectivity index (χ4n) is 3.49. The largest absolute Gasteiger partial charge is 0.493 e. The number of fused-ring (bicyclic) bond motifs is 1. The number of amides is 2. The Kier molecular flexibility index (Phi) is 4.99. The molecule has 1 aromatic carbocycles. The molecular weight excluding hydrogens is 302 g/mol. The van der Waals surface area contributed by atoms with Gasteiger partial charge in [0.05, 0.1) is 6.61 Å². The topological polar surface area (TPSA) is 53.6 Å². The molecule has 2 aliphatic rings. The molecule has 5 heteroatoms. The number of hydrogen-bond acceptors (Lipinski definition) is 3. The highest BCUT2D eigenvalue weighted by molar-refractivity contribution is 5.89. The Bertz CT molecular complexity index is 587. The van der Waals surface area contributed by atoms with Gasteiger partial charge in [-0.15, -0.1) is 0 Å². The van der Waals surface area contributed by atoms with E-state index in [0.29, 0.717) is 0 Å². The maximum Gasteiger partial charge on any atom is 0.319 e. The van der Waals surface area contributed by atoms with E-state index in [-0.39, 0.29) is 17.6 Å². The summed E-state index contributed by atoms with van der Waals surface area (Å²) in [7, 11) is 0. The molecule has 132 valence electrons. The SMILES string of the molecule is CC(C)(C)N1CCC(NC(=O)Nc2ccc3c(c2)CCCO3)CC1. The number of urea groups is 1. The fraction of sp³-hybridized carbons (Fsp3) is 0.632. The first-order valence-electron chi connectivity index (χ1n) is 9.00. The monoisotopic (exact) mass is 331 g/mol. The van der Waals surface area contributed by atoms with Crippen molar-refractivity contribution in [1.82, 2.24) is 10.2 Å². The summed E-state index contributed by atoms with van der Waals surface area (Å²) in [6.07, 6.45) is 4.05. The summed E-state index contributed by atoms with van der Waals surface area (Å²) >= 11 is 0. The van der Waals surface area contributed by atoms with Crippen LogP contribution in [0.5, 0.6) is 5.75 Å². The van der Waals surface area contributed by atoms with Gasteiger partial charge in [0.25, 0.3) is 0 Å². The van der Waals surface area contributed by atoms with Crippen LogP contribution in [0.15, 0.2) is 18.2 Å². The maximum atomic E-state index is 12.3. The first-order valence-corrected chi connectivity index (χ1v) is 9.00. The summed E-state index contributed by atoms with van der Waals surface area (Å²) in [6.45, 7) is 9.58. The molecule has 0 spiro atoms. The summed E-state index contributed by atoms with van der Waals surface area (Å²) in [5.74, 6) is 0.946. The van der Waals surface area contributed by atoms with Crippen LogP contribution in [0.4, 0.5) is 10.5 Å². The molecule has 2 amide bonds. The molecule has 0 atom stereocenters. The van der Waals surface area contributed by atoms with Gasteiger partial charge in [0.15, 0.2) is 0 Å². The smallest absolute Gasteiger partial charge is 0.319 e. The zero-order valence-electron chi connectivity index (χ0n) is 15.0. The molecule has 5 nitrogen and oxygen atoms in total. The quantitative estimate of drug-likeness (QED) is 0.873. The average molecular weight is 331 g/mol. The van der Waals surface area contributed by atoms with Crippen molar-refractivity contribution >= 4 is 11.7 Å². The van der Waals surface area contributed by atoms with Gasteiger partial charge >= 0.3 is 6.03 Å². The molecule has 2 heterocycles. The minimum absolute atomic E-state index is 0.110. The van der Waals surface area contributed by atoms with Crippen molar-refractivity contribution in [2.75, 3.05) is 25.0 Å². The summed E-state index contributed by atoms with van der Waals surface area (Å²) in [4.78, 5) is 14.7. The molecule has 0 aliphatic carbocycles. The number of aryl methyl sites for hydroxylation is 1. The van der Waals surface area contributed by atoms with E-state index in [1.807, 2.05) is 18.2 Å². The molecule has 0 aromatic heterocycles. The van der Waals surface area contributed by atoms with Gasteiger partial charge in [0, 0.05) is 30.4 Å². The number of benzene rings is 1. The van der Waals surface area contributed by atoms with Crippen LogP contribution in [0.25, 0.3) is 0 Å². The summed E-state index contributed by atoms with van der Waals surface area (Å²) in [6, 6.07) is 6.03. The highest BCUT2D eigenvalue weighted by Gasteiger charge is 2.27. The second-order valence-electron chi connectivity index (χ2n) is 7.81. The zero-order valence-corrected chi connectivity index (χ0v) is 15.0. The van der Waals surface area contributed by atoms with Crippen molar-refractivity contribution in [2.45, 2.75) is 58.0 Å². The standard InChI is InChI=1S/C19H29N3O2/c1-19(2,3)22-10-8-15(9-11-22)20-18(23)21-16-6-7-17-14(13-16)5-4-12-24-17/h6-7,13,15H,4-5,8-12H2,1-3H3,(H2,20,21,23). The molecule has 24 heavy (non-hydrogen) atoms. The highest BCUT2D eigenvalue weighted by Crippen LogP contribution is 2.27. The Labute approximate surface area is 144 Å². The minimum atomic E-state index is -0.110. The molecule has 0 bridgehead atoms. The average Bonchev–Trinajstić information content (AvgIpc) is 2.54. The number of nitrogens with one attached hydrogen (secondary N) is 2. The normalized spacial score (nSPS) is 19.3. The lowest BCUT2D eigenvalue weighted by Crippen LogP contribution is -2.51. The van der Waals surface area contributed by atoms with E-state index in [4.69, 9.17) is 4.74 Å². The van der Waals surface area contributed by atoms with Crippen molar-refractivity contribution in [3.63, 3.8) is 0 Å². The molecule has 2 N–H and O–H groups in total. The lowest BCUT2D eigenvalue weighted by atomic mass is 9.98. The van der Waals surface area contributed by atoms with E-state index in [0.717, 1.165) is 56.8 Å². The van der Waals surface area contributed by atoms with Crippen LogP contribution < -0.4 is 15.4 Å². The van der Waals surface area contributed by atoms with Crippen LogP contribution in [0.1, 0.15) is 45.6 Å². The first-order chi connectivity index (χ1) is 11.4. The Balaban J connectivity index is 1.50. The van der Waals surface area contributed by atoms with E-state index in [9.17, 15) is 4.79 Å². The molecule has 2 aliphatic heterocycles. The van der Waals surface area contributed by atoms with Gasteiger partial charge in [0.1, 0.15) is 5.75 Å². The molecule has 0 saturated carbocycles. The Morgan fingerprint density at radius 2 is 2.00 bits per heavy atom.